The molecule has 0 N–H and O–H groups in total. The maximum Gasteiger partial charge on any atom is 0.0388 e. The second-order valence-corrected chi connectivity index (χ2v) is 6.27. The molecule has 1 aliphatic heterocycles. The molecule has 1 unspecified atom stereocenters. The Balaban J connectivity index is 1.78. The number of rotatable bonds is 4. The zero-order valence-electron chi connectivity index (χ0n) is 13.2. The summed E-state index contributed by atoms with van der Waals surface area (Å²) in [6.07, 6.45) is 7.33. The molecule has 0 amide bonds. The zero-order chi connectivity index (χ0) is 15.0. The molecule has 3 rings (SSSR count). The van der Waals surface area contributed by atoms with Gasteiger partial charge < -0.3 is 0 Å². The third kappa shape index (κ3) is 4.30. The van der Waals surface area contributed by atoms with Crippen molar-refractivity contribution in [1.29, 1.82) is 0 Å². The minimum absolute atomic E-state index is 0.600. The number of aliphatic imine (C=N–C) groups is 1. The van der Waals surface area contributed by atoms with Gasteiger partial charge in [0.25, 0.3) is 0 Å². The lowest BCUT2D eigenvalue weighted by Crippen LogP contribution is -2.22. The molecule has 1 heterocycles. The van der Waals surface area contributed by atoms with Crippen molar-refractivity contribution >= 4 is 5.71 Å². The Bertz CT molecular complexity index is 586. The van der Waals surface area contributed by atoms with Crippen molar-refractivity contribution in [2.75, 3.05) is 6.54 Å². The van der Waals surface area contributed by atoms with Crippen LogP contribution in [0.2, 0.25) is 0 Å². The highest BCUT2D eigenvalue weighted by Crippen LogP contribution is 2.22. The van der Waals surface area contributed by atoms with Crippen LogP contribution in [-0.4, -0.2) is 12.3 Å². The van der Waals surface area contributed by atoms with E-state index in [2.05, 4.69) is 60.7 Å². The maximum absolute atomic E-state index is 4.97. The molecular weight excluding hydrogens is 266 g/mol. The van der Waals surface area contributed by atoms with E-state index in [1.807, 2.05) is 0 Å². The van der Waals surface area contributed by atoms with Crippen LogP contribution in [0.15, 0.2) is 65.7 Å². The molecule has 0 spiro atoms. The van der Waals surface area contributed by atoms with Gasteiger partial charge >= 0.3 is 0 Å². The van der Waals surface area contributed by atoms with Crippen molar-refractivity contribution in [3.8, 4) is 0 Å². The van der Waals surface area contributed by atoms with Crippen molar-refractivity contribution < 1.29 is 0 Å². The fourth-order valence-electron chi connectivity index (χ4n) is 3.32. The Morgan fingerprint density at radius 2 is 1.45 bits per heavy atom. The summed E-state index contributed by atoms with van der Waals surface area (Å²) in [5.41, 5.74) is 4.24. The maximum atomic E-state index is 4.97. The number of hydrogen-bond donors (Lipinski definition) is 0. The van der Waals surface area contributed by atoms with Gasteiger partial charge in [-0.05, 0) is 30.4 Å². The van der Waals surface area contributed by atoms with Gasteiger partial charge in [0.05, 0.1) is 0 Å². The molecule has 0 saturated heterocycles. The molecule has 1 nitrogen and oxygen atoms in total. The predicted molar refractivity (Wildman–Crippen MR) is 94.6 cm³/mol. The minimum atomic E-state index is 0.600. The van der Waals surface area contributed by atoms with Gasteiger partial charge in [-0.2, -0.15) is 0 Å². The van der Waals surface area contributed by atoms with Crippen LogP contribution in [0.1, 0.15) is 36.8 Å². The van der Waals surface area contributed by atoms with Crippen LogP contribution in [0.3, 0.4) is 0 Å². The van der Waals surface area contributed by atoms with Gasteiger partial charge in [0.2, 0.25) is 0 Å². The summed E-state index contributed by atoms with van der Waals surface area (Å²) in [5, 5.41) is 0. The summed E-state index contributed by atoms with van der Waals surface area (Å²) in [6, 6.07) is 21.7. The summed E-state index contributed by atoms with van der Waals surface area (Å²) in [7, 11) is 0. The molecule has 1 heteroatoms. The lowest BCUT2D eigenvalue weighted by molar-refractivity contribution is 0.534. The van der Waals surface area contributed by atoms with Crippen molar-refractivity contribution in [2.45, 2.75) is 38.5 Å². The largest absolute Gasteiger partial charge is 0.293 e. The number of hydrogen-bond acceptors (Lipinski definition) is 1. The van der Waals surface area contributed by atoms with E-state index in [0.29, 0.717) is 5.92 Å². The standard InChI is InChI=1S/C21H25N/c1-4-10-18(11-5-1)16-20-14-8-3-9-15-22-21(20)17-19-12-6-2-7-13-19/h1-2,4-7,10-13,20H,3,8-9,14-17H2. The van der Waals surface area contributed by atoms with E-state index < -0.39 is 0 Å². The summed E-state index contributed by atoms with van der Waals surface area (Å²) >= 11 is 0. The van der Waals surface area contributed by atoms with Gasteiger partial charge in [0.1, 0.15) is 0 Å². The molecule has 1 atom stereocenters. The summed E-state index contributed by atoms with van der Waals surface area (Å²) in [4.78, 5) is 4.97. The Morgan fingerprint density at radius 3 is 2.18 bits per heavy atom. The zero-order valence-corrected chi connectivity index (χ0v) is 13.2. The van der Waals surface area contributed by atoms with E-state index in [1.165, 1.54) is 42.5 Å². The second-order valence-electron chi connectivity index (χ2n) is 6.27. The van der Waals surface area contributed by atoms with Crippen LogP contribution >= 0.6 is 0 Å². The monoisotopic (exact) mass is 291 g/mol. The first kappa shape index (κ1) is 15.0. The van der Waals surface area contributed by atoms with Crippen LogP contribution < -0.4 is 0 Å². The summed E-state index contributed by atoms with van der Waals surface area (Å²) in [6.45, 7) is 1.01. The SMILES string of the molecule is c1ccc(CC2=NCCCCCC2Cc2ccccc2)cc1. The van der Waals surface area contributed by atoms with E-state index in [9.17, 15) is 0 Å². The van der Waals surface area contributed by atoms with Crippen molar-refractivity contribution in [2.24, 2.45) is 10.9 Å². The van der Waals surface area contributed by atoms with Crippen LogP contribution in [-0.2, 0) is 12.8 Å². The molecule has 1 aliphatic rings. The quantitative estimate of drug-likeness (QED) is 0.743. The van der Waals surface area contributed by atoms with E-state index in [1.54, 1.807) is 0 Å². The fourth-order valence-corrected chi connectivity index (χ4v) is 3.32. The molecule has 0 aromatic heterocycles. The van der Waals surface area contributed by atoms with Crippen LogP contribution in [0.4, 0.5) is 0 Å². The third-order valence-electron chi connectivity index (χ3n) is 4.55. The smallest absolute Gasteiger partial charge is 0.0388 e. The van der Waals surface area contributed by atoms with Gasteiger partial charge in [-0.25, -0.2) is 0 Å². The third-order valence-corrected chi connectivity index (χ3v) is 4.55. The molecule has 0 fully saturated rings. The summed E-state index contributed by atoms with van der Waals surface area (Å²) in [5.74, 6) is 0.600. The van der Waals surface area contributed by atoms with Crippen LogP contribution in [0, 0.1) is 5.92 Å². The Labute approximate surface area is 134 Å². The van der Waals surface area contributed by atoms with Crippen molar-refractivity contribution in [3.05, 3.63) is 71.8 Å². The van der Waals surface area contributed by atoms with Crippen LogP contribution in [0.5, 0.6) is 0 Å². The van der Waals surface area contributed by atoms with Gasteiger partial charge in [-0.1, -0.05) is 73.5 Å². The predicted octanol–water partition coefficient (Wildman–Crippen LogP) is 5.10. The van der Waals surface area contributed by atoms with Gasteiger partial charge in [0.15, 0.2) is 0 Å². The Kier molecular flexibility index (Phi) is 5.42. The normalized spacial score (nSPS) is 19.1. The average Bonchev–Trinajstić information content (AvgIpc) is 2.55. The molecule has 114 valence electrons. The molecule has 22 heavy (non-hydrogen) atoms. The molecule has 0 aliphatic carbocycles. The van der Waals surface area contributed by atoms with Crippen LogP contribution in [0.25, 0.3) is 0 Å². The molecule has 2 aromatic rings. The highest BCUT2D eigenvalue weighted by atomic mass is 14.7. The summed E-state index contributed by atoms with van der Waals surface area (Å²) < 4.78 is 0. The first-order valence-electron chi connectivity index (χ1n) is 8.53. The van der Waals surface area contributed by atoms with E-state index >= 15 is 0 Å². The Hall–Kier alpha value is -1.89. The minimum Gasteiger partial charge on any atom is -0.293 e. The lowest BCUT2D eigenvalue weighted by atomic mass is 9.86. The number of nitrogens with zero attached hydrogens (tertiary/aromatic N) is 1. The fraction of sp³-hybridized carbons (Fsp3) is 0.381. The molecular formula is C21H25N. The average molecular weight is 291 g/mol. The molecule has 0 radical (unpaired) electrons. The Morgan fingerprint density at radius 1 is 0.773 bits per heavy atom. The van der Waals surface area contributed by atoms with Crippen molar-refractivity contribution in [3.63, 3.8) is 0 Å². The van der Waals surface area contributed by atoms with E-state index in [4.69, 9.17) is 4.99 Å². The first-order valence-corrected chi connectivity index (χ1v) is 8.53. The molecule has 2 aromatic carbocycles. The van der Waals surface area contributed by atoms with Gasteiger partial charge in [0, 0.05) is 24.6 Å². The highest BCUT2D eigenvalue weighted by molar-refractivity contribution is 5.89. The molecule has 0 saturated carbocycles. The van der Waals surface area contributed by atoms with Gasteiger partial charge in [-0.15, -0.1) is 0 Å². The topological polar surface area (TPSA) is 12.4 Å². The van der Waals surface area contributed by atoms with E-state index in [-0.39, 0.29) is 0 Å². The lowest BCUT2D eigenvalue weighted by Gasteiger charge is -2.22. The first-order chi connectivity index (χ1) is 10.9. The highest BCUT2D eigenvalue weighted by Gasteiger charge is 2.18. The van der Waals surface area contributed by atoms with Gasteiger partial charge in [-0.3, -0.25) is 4.99 Å². The molecule has 0 bridgehead atoms. The number of benzene rings is 2. The van der Waals surface area contributed by atoms with E-state index in [0.717, 1.165) is 19.4 Å². The second kappa shape index (κ2) is 7.93. The van der Waals surface area contributed by atoms with Crippen molar-refractivity contribution in [1.82, 2.24) is 0 Å².